The fourth-order valence-electron chi connectivity index (χ4n) is 4.71. The van der Waals surface area contributed by atoms with E-state index in [1.165, 1.54) is 5.56 Å². The van der Waals surface area contributed by atoms with E-state index in [0.717, 1.165) is 44.2 Å². The van der Waals surface area contributed by atoms with E-state index in [-0.39, 0.29) is 0 Å². The monoisotopic (exact) mass is 475 g/mol. The minimum absolute atomic E-state index is 0.584. The van der Waals surface area contributed by atoms with E-state index in [2.05, 4.69) is 48.5 Å². The van der Waals surface area contributed by atoms with Gasteiger partial charge in [0.2, 0.25) is 0 Å². The van der Waals surface area contributed by atoms with Crippen molar-refractivity contribution in [2.45, 2.75) is 0 Å². The van der Waals surface area contributed by atoms with Crippen LogP contribution in [-0.4, -0.2) is 15.0 Å². The van der Waals surface area contributed by atoms with Gasteiger partial charge in [-0.2, -0.15) is 0 Å². The molecule has 0 saturated carbocycles. The molecule has 0 fully saturated rings. The van der Waals surface area contributed by atoms with E-state index in [9.17, 15) is 0 Å². The van der Waals surface area contributed by atoms with Crippen LogP contribution < -0.4 is 0 Å². The Morgan fingerprint density at radius 1 is 0.378 bits per heavy atom. The molecule has 0 saturated heterocycles. The van der Waals surface area contributed by atoms with E-state index < -0.39 is 0 Å². The zero-order chi connectivity index (χ0) is 24.6. The summed E-state index contributed by atoms with van der Waals surface area (Å²) in [5, 5.41) is 2.12. The molecule has 174 valence electrons. The van der Waals surface area contributed by atoms with Gasteiger partial charge in [0.15, 0.2) is 17.5 Å². The van der Waals surface area contributed by atoms with Crippen LogP contribution in [0.25, 0.3) is 67.2 Å². The molecule has 0 N–H and O–H groups in total. The molecule has 0 amide bonds. The molecule has 0 aliphatic carbocycles. The molecular formula is C33H21N3O. The molecule has 4 nitrogen and oxygen atoms in total. The van der Waals surface area contributed by atoms with Crippen molar-refractivity contribution in [1.82, 2.24) is 15.0 Å². The Labute approximate surface area is 213 Å². The van der Waals surface area contributed by atoms with Crippen LogP contribution in [0.15, 0.2) is 132 Å². The topological polar surface area (TPSA) is 51.8 Å². The molecule has 0 unspecified atom stereocenters. The maximum Gasteiger partial charge on any atom is 0.167 e. The summed E-state index contributed by atoms with van der Waals surface area (Å²) in [5.74, 6) is 1.83. The predicted molar refractivity (Wildman–Crippen MR) is 149 cm³/mol. The standard InChI is InChI=1S/C33H21N3O/c1-3-10-22(11-4-1)23-18-20-25(21-19-23)32-34-31(24-12-5-2-6-13-24)35-33(36-32)28-16-9-15-27-26-14-7-8-17-29(26)37-30(27)28/h1-21H. The minimum Gasteiger partial charge on any atom is -0.455 e. The summed E-state index contributed by atoms with van der Waals surface area (Å²) in [6.45, 7) is 0. The average molecular weight is 476 g/mol. The zero-order valence-corrected chi connectivity index (χ0v) is 19.9. The number of aromatic nitrogens is 3. The van der Waals surface area contributed by atoms with Crippen LogP contribution in [0.2, 0.25) is 0 Å². The van der Waals surface area contributed by atoms with Gasteiger partial charge in [-0.05, 0) is 23.3 Å². The summed E-state index contributed by atoms with van der Waals surface area (Å²) in [6.07, 6.45) is 0. The molecule has 5 aromatic carbocycles. The van der Waals surface area contributed by atoms with Crippen LogP contribution in [-0.2, 0) is 0 Å². The van der Waals surface area contributed by atoms with Gasteiger partial charge in [-0.15, -0.1) is 0 Å². The third-order valence-corrected chi connectivity index (χ3v) is 6.56. The second-order valence-corrected chi connectivity index (χ2v) is 8.90. The number of hydrogen-bond acceptors (Lipinski definition) is 4. The van der Waals surface area contributed by atoms with Gasteiger partial charge >= 0.3 is 0 Å². The summed E-state index contributed by atoms with van der Waals surface area (Å²) in [7, 11) is 0. The number of rotatable bonds is 4. The number of furan rings is 1. The van der Waals surface area contributed by atoms with Gasteiger partial charge in [0.05, 0.1) is 5.56 Å². The van der Waals surface area contributed by atoms with Crippen molar-refractivity contribution in [2.24, 2.45) is 0 Å². The van der Waals surface area contributed by atoms with Crippen molar-refractivity contribution < 1.29 is 4.42 Å². The molecule has 37 heavy (non-hydrogen) atoms. The van der Waals surface area contributed by atoms with Gasteiger partial charge in [0.25, 0.3) is 0 Å². The van der Waals surface area contributed by atoms with Crippen molar-refractivity contribution in [3.05, 3.63) is 127 Å². The molecule has 0 bridgehead atoms. The van der Waals surface area contributed by atoms with Crippen molar-refractivity contribution in [3.8, 4) is 45.3 Å². The molecule has 2 aromatic heterocycles. The van der Waals surface area contributed by atoms with E-state index in [1.807, 2.05) is 78.9 Å². The van der Waals surface area contributed by atoms with Crippen molar-refractivity contribution in [3.63, 3.8) is 0 Å². The van der Waals surface area contributed by atoms with Gasteiger partial charge < -0.3 is 4.42 Å². The van der Waals surface area contributed by atoms with E-state index >= 15 is 0 Å². The van der Waals surface area contributed by atoms with Gasteiger partial charge in [-0.1, -0.05) is 115 Å². The molecule has 7 rings (SSSR count). The van der Waals surface area contributed by atoms with Crippen LogP contribution in [0.3, 0.4) is 0 Å². The van der Waals surface area contributed by atoms with Gasteiger partial charge in [-0.25, -0.2) is 15.0 Å². The Morgan fingerprint density at radius 2 is 0.892 bits per heavy atom. The summed E-state index contributed by atoms with van der Waals surface area (Å²) >= 11 is 0. The predicted octanol–water partition coefficient (Wildman–Crippen LogP) is 8.44. The quantitative estimate of drug-likeness (QED) is 0.256. The highest BCUT2D eigenvalue weighted by Gasteiger charge is 2.17. The first kappa shape index (κ1) is 21.2. The normalized spacial score (nSPS) is 11.2. The third-order valence-electron chi connectivity index (χ3n) is 6.56. The first-order chi connectivity index (χ1) is 18.3. The lowest BCUT2D eigenvalue weighted by Crippen LogP contribution is -2.00. The second-order valence-electron chi connectivity index (χ2n) is 8.90. The van der Waals surface area contributed by atoms with Crippen molar-refractivity contribution >= 4 is 21.9 Å². The Balaban J connectivity index is 1.41. The van der Waals surface area contributed by atoms with Crippen LogP contribution in [0.4, 0.5) is 0 Å². The molecule has 2 heterocycles. The van der Waals surface area contributed by atoms with Gasteiger partial charge in [0, 0.05) is 21.9 Å². The minimum atomic E-state index is 0.584. The number of benzene rings is 5. The van der Waals surface area contributed by atoms with E-state index in [4.69, 9.17) is 19.4 Å². The Hall–Kier alpha value is -5.09. The molecule has 0 aliphatic heterocycles. The highest BCUT2D eigenvalue weighted by molar-refractivity contribution is 6.09. The van der Waals surface area contributed by atoms with E-state index in [0.29, 0.717) is 17.5 Å². The highest BCUT2D eigenvalue weighted by atomic mass is 16.3. The molecular weight excluding hydrogens is 454 g/mol. The first-order valence-corrected chi connectivity index (χ1v) is 12.2. The summed E-state index contributed by atoms with van der Waals surface area (Å²) in [6, 6.07) is 42.9. The first-order valence-electron chi connectivity index (χ1n) is 12.2. The van der Waals surface area contributed by atoms with Crippen LogP contribution in [0.5, 0.6) is 0 Å². The lowest BCUT2D eigenvalue weighted by atomic mass is 10.0. The molecule has 0 atom stereocenters. The zero-order valence-electron chi connectivity index (χ0n) is 19.9. The number of hydrogen-bond donors (Lipinski definition) is 0. The van der Waals surface area contributed by atoms with Crippen LogP contribution in [0, 0.1) is 0 Å². The Bertz CT molecular complexity index is 1860. The number of para-hydroxylation sites is 2. The molecule has 0 radical (unpaired) electrons. The Morgan fingerprint density at radius 3 is 1.62 bits per heavy atom. The fourth-order valence-corrected chi connectivity index (χ4v) is 4.71. The molecule has 4 heteroatoms. The number of nitrogens with zero attached hydrogens (tertiary/aromatic N) is 3. The second kappa shape index (κ2) is 8.85. The highest BCUT2D eigenvalue weighted by Crippen LogP contribution is 2.35. The lowest BCUT2D eigenvalue weighted by molar-refractivity contribution is 0.669. The molecule has 0 aliphatic rings. The van der Waals surface area contributed by atoms with Gasteiger partial charge in [-0.3, -0.25) is 0 Å². The fraction of sp³-hybridized carbons (Fsp3) is 0. The summed E-state index contributed by atoms with van der Waals surface area (Å²) in [5.41, 5.74) is 6.65. The van der Waals surface area contributed by atoms with Crippen LogP contribution in [0.1, 0.15) is 0 Å². The van der Waals surface area contributed by atoms with E-state index in [1.54, 1.807) is 0 Å². The number of fused-ring (bicyclic) bond motifs is 3. The SMILES string of the molecule is c1ccc(-c2ccc(-c3nc(-c4ccccc4)nc(-c4cccc5c4oc4ccccc45)n3)cc2)cc1. The van der Waals surface area contributed by atoms with Gasteiger partial charge in [0.1, 0.15) is 11.2 Å². The maximum absolute atomic E-state index is 6.29. The van der Waals surface area contributed by atoms with Crippen molar-refractivity contribution in [2.75, 3.05) is 0 Å². The smallest absolute Gasteiger partial charge is 0.167 e. The molecule has 0 spiro atoms. The summed E-state index contributed by atoms with van der Waals surface area (Å²) in [4.78, 5) is 14.7. The molecule has 7 aromatic rings. The van der Waals surface area contributed by atoms with Crippen LogP contribution >= 0.6 is 0 Å². The third kappa shape index (κ3) is 3.85. The maximum atomic E-state index is 6.29. The van der Waals surface area contributed by atoms with Crippen molar-refractivity contribution in [1.29, 1.82) is 0 Å². The largest absolute Gasteiger partial charge is 0.455 e. The Kier molecular flexibility index (Phi) is 5.07. The average Bonchev–Trinajstić information content (AvgIpc) is 3.37. The lowest BCUT2D eigenvalue weighted by Gasteiger charge is -2.09. The summed E-state index contributed by atoms with van der Waals surface area (Å²) < 4.78 is 6.29.